The van der Waals surface area contributed by atoms with Crippen molar-refractivity contribution in [2.24, 2.45) is 0 Å². The normalized spacial score (nSPS) is 10.9. The Kier molecular flexibility index (Phi) is 5.55. The molecule has 0 aliphatic heterocycles. The Morgan fingerprint density at radius 3 is 2.30 bits per heavy atom. The third kappa shape index (κ3) is 3.58. The monoisotopic (exact) mass is 426 g/mol. The van der Waals surface area contributed by atoms with Crippen molar-refractivity contribution in [1.29, 1.82) is 0 Å². The van der Waals surface area contributed by atoms with Crippen molar-refractivity contribution in [1.82, 2.24) is 19.6 Å². The minimum Gasteiger partial charge on any atom is -0.462 e. The molecule has 0 unspecified atom stereocenters. The summed E-state index contributed by atoms with van der Waals surface area (Å²) < 4.78 is 7.54. The van der Waals surface area contributed by atoms with Crippen molar-refractivity contribution in [3.05, 3.63) is 67.3 Å². The van der Waals surface area contributed by atoms with Crippen LogP contribution in [0, 0.1) is 6.92 Å². The quantitative estimate of drug-likeness (QED) is 0.591. The first-order chi connectivity index (χ1) is 12.8. The second-order valence-corrected chi connectivity index (χ2v) is 6.57. The van der Waals surface area contributed by atoms with E-state index >= 15 is 0 Å². The maximum atomic E-state index is 12.2. The van der Waals surface area contributed by atoms with Gasteiger partial charge in [-0.1, -0.05) is 34.8 Å². The van der Waals surface area contributed by atoms with Gasteiger partial charge in [0.25, 0.3) is 5.56 Å². The van der Waals surface area contributed by atoms with Crippen molar-refractivity contribution >= 4 is 40.8 Å². The molecule has 0 aliphatic rings. The Morgan fingerprint density at radius 2 is 1.70 bits per heavy atom. The summed E-state index contributed by atoms with van der Waals surface area (Å²) in [6.45, 7) is 3.62. The van der Waals surface area contributed by atoms with Gasteiger partial charge in [0.15, 0.2) is 0 Å². The third-order valence-corrected chi connectivity index (χ3v) is 4.80. The number of halogens is 3. The van der Waals surface area contributed by atoms with Gasteiger partial charge in [-0.3, -0.25) is 4.79 Å². The van der Waals surface area contributed by atoms with E-state index < -0.39 is 11.5 Å². The first-order valence-corrected chi connectivity index (χ1v) is 8.95. The van der Waals surface area contributed by atoms with Gasteiger partial charge in [0.2, 0.25) is 0 Å². The Morgan fingerprint density at radius 1 is 1.11 bits per heavy atom. The minimum atomic E-state index is -0.533. The molecule has 0 saturated heterocycles. The van der Waals surface area contributed by atoms with Crippen LogP contribution < -0.4 is 5.56 Å². The molecule has 3 rings (SSSR count). The van der Waals surface area contributed by atoms with E-state index in [9.17, 15) is 9.59 Å². The van der Waals surface area contributed by atoms with Crippen LogP contribution in [0.25, 0.3) is 11.4 Å². The molecule has 0 N–H and O–H groups in total. The summed E-state index contributed by atoms with van der Waals surface area (Å²) >= 11 is 18.0. The van der Waals surface area contributed by atoms with Gasteiger partial charge in [-0.2, -0.15) is 14.9 Å². The third-order valence-electron chi connectivity index (χ3n) is 3.70. The molecule has 3 aromatic rings. The Balaban J connectivity index is 2.00. The molecule has 0 fully saturated rings. The van der Waals surface area contributed by atoms with Crippen molar-refractivity contribution < 1.29 is 9.53 Å². The molecular weight excluding hydrogens is 415 g/mol. The highest BCUT2D eigenvalue weighted by molar-refractivity contribution is 6.41. The van der Waals surface area contributed by atoms with Crippen molar-refractivity contribution in [3.63, 3.8) is 0 Å². The van der Waals surface area contributed by atoms with Crippen molar-refractivity contribution in [2.75, 3.05) is 6.61 Å². The summed E-state index contributed by atoms with van der Waals surface area (Å²) in [5, 5.41) is 8.37. The average Bonchev–Trinajstić information content (AvgIpc) is 2.95. The molecular formula is C17H13Cl3N4O3. The van der Waals surface area contributed by atoms with Crippen LogP contribution in [-0.2, 0) is 4.74 Å². The molecule has 10 heteroatoms. The fourth-order valence-corrected chi connectivity index (χ4v) is 3.04. The second-order valence-electron chi connectivity index (χ2n) is 5.42. The summed E-state index contributed by atoms with van der Waals surface area (Å²) in [5.41, 5.74) is 1.20. The van der Waals surface area contributed by atoms with Gasteiger partial charge in [-0.05, 0) is 38.1 Å². The van der Waals surface area contributed by atoms with Gasteiger partial charge in [0.05, 0.1) is 34.9 Å². The molecule has 0 amide bonds. The topological polar surface area (TPSA) is 79.0 Å². The molecule has 0 bridgehead atoms. The van der Waals surface area contributed by atoms with Crippen LogP contribution in [0.5, 0.6) is 0 Å². The lowest BCUT2D eigenvalue weighted by Crippen LogP contribution is -2.21. The number of hydrogen-bond donors (Lipinski definition) is 0. The van der Waals surface area contributed by atoms with E-state index in [-0.39, 0.29) is 27.4 Å². The van der Waals surface area contributed by atoms with Crippen LogP contribution >= 0.6 is 34.8 Å². The SMILES string of the molecule is CCOC(=O)c1c(C)nn(-c2ccc(-n3ncc(Cl)c(Cl)c3=O)cc2)c1Cl. The van der Waals surface area contributed by atoms with Gasteiger partial charge in [-0.15, -0.1) is 0 Å². The number of ether oxygens (including phenoxy) is 1. The van der Waals surface area contributed by atoms with Crippen molar-refractivity contribution in [2.45, 2.75) is 13.8 Å². The summed E-state index contributed by atoms with van der Waals surface area (Å²) in [6, 6.07) is 6.65. The molecule has 0 spiro atoms. The molecule has 27 heavy (non-hydrogen) atoms. The maximum absolute atomic E-state index is 12.2. The Hall–Kier alpha value is -2.35. The zero-order valence-electron chi connectivity index (χ0n) is 14.2. The number of carbonyl (C=O) groups excluding carboxylic acids is 1. The van der Waals surface area contributed by atoms with E-state index in [0.717, 1.165) is 4.68 Å². The number of carbonyl (C=O) groups is 1. The highest BCUT2D eigenvalue weighted by Crippen LogP contribution is 2.25. The molecule has 2 aromatic heterocycles. The molecule has 2 heterocycles. The molecule has 0 atom stereocenters. The Bertz CT molecular complexity index is 1070. The number of hydrogen-bond acceptors (Lipinski definition) is 5. The number of rotatable bonds is 4. The van der Waals surface area contributed by atoms with Gasteiger partial charge >= 0.3 is 5.97 Å². The first-order valence-electron chi connectivity index (χ1n) is 7.81. The van der Waals surface area contributed by atoms with Crippen LogP contribution in [0.2, 0.25) is 15.2 Å². The largest absolute Gasteiger partial charge is 0.462 e. The van der Waals surface area contributed by atoms with Crippen LogP contribution in [0.15, 0.2) is 35.3 Å². The van der Waals surface area contributed by atoms with E-state index in [4.69, 9.17) is 39.5 Å². The van der Waals surface area contributed by atoms with Crippen LogP contribution in [0.4, 0.5) is 0 Å². The molecule has 1 aromatic carbocycles. The second kappa shape index (κ2) is 7.72. The van der Waals surface area contributed by atoms with Gasteiger partial charge in [0, 0.05) is 0 Å². The summed E-state index contributed by atoms with van der Waals surface area (Å²) in [6.07, 6.45) is 1.29. The van der Waals surface area contributed by atoms with Crippen LogP contribution in [-0.4, -0.2) is 32.1 Å². The van der Waals surface area contributed by atoms with Gasteiger partial charge < -0.3 is 4.74 Å². The van der Waals surface area contributed by atoms with E-state index in [2.05, 4.69) is 10.2 Å². The lowest BCUT2D eigenvalue weighted by molar-refractivity contribution is 0.0525. The van der Waals surface area contributed by atoms with Crippen molar-refractivity contribution in [3.8, 4) is 11.4 Å². The fraction of sp³-hybridized carbons (Fsp3) is 0.176. The first kappa shape index (κ1) is 19.4. The zero-order valence-corrected chi connectivity index (χ0v) is 16.5. The predicted molar refractivity (Wildman–Crippen MR) is 103 cm³/mol. The number of aryl methyl sites for hydroxylation is 1. The summed E-state index contributed by atoms with van der Waals surface area (Å²) in [4.78, 5) is 24.2. The molecule has 0 saturated carbocycles. The average molecular weight is 428 g/mol. The standard InChI is InChI=1S/C17H13Cl3N4O3/c1-3-27-17(26)13-9(2)22-23(15(13)20)10-4-6-11(7-5-10)24-16(25)14(19)12(18)8-21-24/h4-8H,3H2,1-2H3. The van der Waals surface area contributed by atoms with Gasteiger partial charge in [0.1, 0.15) is 15.7 Å². The van der Waals surface area contributed by atoms with Crippen LogP contribution in [0.1, 0.15) is 23.0 Å². The Labute approximate surface area is 169 Å². The maximum Gasteiger partial charge on any atom is 0.343 e. The fourth-order valence-electron chi connectivity index (χ4n) is 2.44. The van der Waals surface area contributed by atoms with E-state index in [0.29, 0.717) is 17.1 Å². The number of benzene rings is 1. The predicted octanol–water partition coefficient (Wildman–Crippen LogP) is 3.86. The summed E-state index contributed by atoms with van der Waals surface area (Å²) in [5.74, 6) is -0.533. The smallest absolute Gasteiger partial charge is 0.343 e. The molecule has 7 nitrogen and oxygen atoms in total. The molecule has 0 radical (unpaired) electrons. The lowest BCUT2D eigenvalue weighted by Gasteiger charge is -2.08. The molecule has 0 aliphatic carbocycles. The zero-order chi connectivity index (χ0) is 19.7. The van der Waals surface area contributed by atoms with E-state index in [1.165, 1.54) is 10.9 Å². The number of aromatic nitrogens is 4. The van der Waals surface area contributed by atoms with Crippen LogP contribution in [0.3, 0.4) is 0 Å². The number of nitrogens with zero attached hydrogens (tertiary/aromatic N) is 4. The highest BCUT2D eigenvalue weighted by Gasteiger charge is 2.22. The summed E-state index contributed by atoms with van der Waals surface area (Å²) in [7, 11) is 0. The van der Waals surface area contributed by atoms with E-state index in [1.54, 1.807) is 38.1 Å². The minimum absolute atomic E-state index is 0.0832. The number of esters is 1. The lowest BCUT2D eigenvalue weighted by atomic mass is 10.2. The van der Waals surface area contributed by atoms with Gasteiger partial charge in [-0.25, -0.2) is 9.48 Å². The molecule has 140 valence electrons. The highest BCUT2D eigenvalue weighted by atomic mass is 35.5. The van der Waals surface area contributed by atoms with E-state index in [1.807, 2.05) is 0 Å².